The van der Waals surface area contributed by atoms with Crippen molar-refractivity contribution >= 4 is 27.4 Å². The Morgan fingerprint density at radius 1 is 1.29 bits per heavy atom. The van der Waals surface area contributed by atoms with Crippen molar-refractivity contribution in [2.45, 2.75) is 18.6 Å². The number of ether oxygens (including phenoxy) is 1. The lowest BCUT2D eigenvalue weighted by atomic mass is 10.3. The van der Waals surface area contributed by atoms with Crippen LogP contribution in [0.15, 0.2) is 24.3 Å². The van der Waals surface area contributed by atoms with Gasteiger partial charge in [-0.1, -0.05) is 0 Å². The zero-order chi connectivity index (χ0) is 16.0. The van der Waals surface area contributed by atoms with Gasteiger partial charge < -0.3 is 10.1 Å². The molecule has 0 aromatic heterocycles. The fourth-order valence-corrected chi connectivity index (χ4v) is 2.61. The van der Waals surface area contributed by atoms with E-state index < -0.39 is 38.5 Å². The summed E-state index contributed by atoms with van der Waals surface area (Å²) in [5, 5.41) is 1.32. The summed E-state index contributed by atoms with van der Waals surface area (Å²) in [5.74, 6) is -2.64. The van der Waals surface area contributed by atoms with Crippen LogP contribution < -0.4 is 5.32 Å². The minimum absolute atomic E-state index is 0.289. The normalized spacial score (nSPS) is 12.5. The summed E-state index contributed by atoms with van der Waals surface area (Å²) in [6.45, 7) is 1.33. The first-order valence-electron chi connectivity index (χ1n) is 6.08. The van der Waals surface area contributed by atoms with Crippen molar-refractivity contribution in [2.24, 2.45) is 0 Å². The molecule has 1 N–H and O–H groups in total. The first-order valence-corrected chi connectivity index (χ1v) is 7.80. The van der Waals surface area contributed by atoms with Crippen LogP contribution in [0, 0.1) is 5.82 Å². The molecule has 0 radical (unpaired) electrons. The number of esters is 1. The Bertz CT molecular complexity index is 612. The SMILES string of the molecule is COC(=O)CC(C)S(=O)(=O)CC(=O)Nc1ccc(F)cc1. The molecule has 1 aromatic rings. The van der Waals surface area contributed by atoms with Crippen LogP contribution in [0.1, 0.15) is 13.3 Å². The molecule has 1 amide bonds. The number of sulfone groups is 1. The average Bonchev–Trinajstić information content (AvgIpc) is 2.40. The van der Waals surface area contributed by atoms with Crippen LogP contribution in [0.5, 0.6) is 0 Å². The summed E-state index contributed by atoms with van der Waals surface area (Å²) in [4.78, 5) is 22.7. The molecule has 8 heteroatoms. The minimum Gasteiger partial charge on any atom is -0.469 e. The summed E-state index contributed by atoms with van der Waals surface area (Å²) in [5.41, 5.74) is 0.289. The van der Waals surface area contributed by atoms with Crippen LogP contribution in [0.3, 0.4) is 0 Å². The number of benzene rings is 1. The number of anilines is 1. The largest absolute Gasteiger partial charge is 0.469 e. The highest BCUT2D eigenvalue weighted by Crippen LogP contribution is 2.11. The van der Waals surface area contributed by atoms with Crippen molar-refractivity contribution in [2.75, 3.05) is 18.2 Å². The van der Waals surface area contributed by atoms with E-state index in [-0.39, 0.29) is 12.1 Å². The molecule has 0 heterocycles. The quantitative estimate of drug-likeness (QED) is 0.794. The second kappa shape index (κ2) is 7.16. The number of nitrogens with one attached hydrogen (secondary N) is 1. The van der Waals surface area contributed by atoms with E-state index in [0.29, 0.717) is 0 Å². The second-order valence-corrected chi connectivity index (χ2v) is 6.87. The van der Waals surface area contributed by atoms with E-state index in [1.165, 1.54) is 19.1 Å². The zero-order valence-electron chi connectivity index (χ0n) is 11.6. The van der Waals surface area contributed by atoms with Gasteiger partial charge in [0, 0.05) is 5.69 Å². The Balaban J connectivity index is 2.64. The molecule has 0 aliphatic carbocycles. The molecule has 1 unspecified atom stereocenters. The fourth-order valence-electron chi connectivity index (χ4n) is 1.50. The zero-order valence-corrected chi connectivity index (χ0v) is 12.4. The molecule has 0 saturated heterocycles. The molecule has 1 atom stereocenters. The van der Waals surface area contributed by atoms with Gasteiger partial charge in [-0.25, -0.2) is 12.8 Å². The van der Waals surface area contributed by atoms with Gasteiger partial charge in [0.25, 0.3) is 0 Å². The standard InChI is InChI=1S/C13H16FNO5S/c1-9(7-13(17)20-2)21(18,19)8-12(16)15-11-5-3-10(14)4-6-11/h3-6,9H,7-8H2,1-2H3,(H,15,16). The van der Waals surface area contributed by atoms with Gasteiger partial charge in [-0.05, 0) is 31.2 Å². The molecule has 21 heavy (non-hydrogen) atoms. The molecular weight excluding hydrogens is 301 g/mol. The molecule has 0 fully saturated rings. The van der Waals surface area contributed by atoms with Gasteiger partial charge in [-0.15, -0.1) is 0 Å². The van der Waals surface area contributed by atoms with E-state index in [0.717, 1.165) is 19.2 Å². The van der Waals surface area contributed by atoms with Crippen LogP contribution in [0.2, 0.25) is 0 Å². The lowest BCUT2D eigenvalue weighted by Crippen LogP contribution is -2.31. The number of carbonyl (C=O) groups excluding carboxylic acids is 2. The number of hydrogen-bond donors (Lipinski definition) is 1. The molecule has 0 saturated carbocycles. The number of methoxy groups -OCH3 is 1. The van der Waals surface area contributed by atoms with Gasteiger partial charge in [0.05, 0.1) is 18.8 Å². The molecule has 1 rings (SSSR count). The van der Waals surface area contributed by atoms with E-state index >= 15 is 0 Å². The topological polar surface area (TPSA) is 89.5 Å². The molecule has 1 aromatic carbocycles. The van der Waals surface area contributed by atoms with Crippen LogP contribution in [0.4, 0.5) is 10.1 Å². The predicted molar refractivity (Wildman–Crippen MR) is 74.9 cm³/mol. The first-order chi connectivity index (χ1) is 9.74. The van der Waals surface area contributed by atoms with Crippen molar-refractivity contribution in [1.29, 1.82) is 0 Å². The maximum atomic E-state index is 12.7. The molecular formula is C13H16FNO5S. The first kappa shape index (κ1) is 17.1. The Labute approximate surface area is 122 Å². The maximum absolute atomic E-state index is 12.7. The maximum Gasteiger partial charge on any atom is 0.306 e. The van der Waals surface area contributed by atoms with Crippen LogP contribution in [-0.4, -0.2) is 38.4 Å². The lowest BCUT2D eigenvalue weighted by Gasteiger charge is -2.11. The monoisotopic (exact) mass is 317 g/mol. The molecule has 0 bridgehead atoms. The molecule has 0 spiro atoms. The Kier molecular flexibility index (Phi) is 5.83. The number of halogens is 1. The summed E-state index contributed by atoms with van der Waals surface area (Å²) in [6.07, 6.45) is -0.317. The smallest absolute Gasteiger partial charge is 0.306 e. The summed E-state index contributed by atoms with van der Waals surface area (Å²) in [7, 11) is -2.62. The number of hydrogen-bond acceptors (Lipinski definition) is 5. The highest BCUT2D eigenvalue weighted by atomic mass is 32.2. The lowest BCUT2D eigenvalue weighted by molar-refractivity contribution is -0.140. The van der Waals surface area contributed by atoms with E-state index in [4.69, 9.17) is 0 Å². The summed E-state index contributed by atoms with van der Waals surface area (Å²) >= 11 is 0. The average molecular weight is 317 g/mol. The van der Waals surface area contributed by atoms with Crippen LogP contribution in [-0.2, 0) is 24.2 Å². The Hall–Kier alpha value is -1.96. The van der Waals surface area contributed by atoms with Crippen molar-refractivity contribution in [3.8, 4) is 0 Å². The van der Waals surface area contributed by atoms with E-state index in [2.05, 4.69) is 10.1 Å². The third kappa shape index (κ3) is 5.50. The van der Waals surface area contributed by atoms with Gasteiger partial charge in [0.15, 0.2) is 9.84 Å². The minimum atomic E-state index is -3.78. The summed E-state index contributed by atoms with van der Waals surface area (Å²) < 4.78 is 40.9. The van der Waals surface area contributed by atoms with Crippen molar-refractivity contribution in [3.63, 3.8) is 0 Å². The van der Waals surface area contributed by atoms with Crippen molar-refractivity contribution in [3.05, 3.63) is 30.1 Å². The number of amides is 1. The number of carbonyl (C=O) groups is 2. The van der Waals surface area contributed by atoms with Crippen LogP contribution in [0.25, 0.3) is 0 Å². The molecule has 116 valence electrons. The van der Waals surface area contributed by atoms with Crippen molar-refractivity contribution in [1.82, 2.24) is 0 Å². The van der Waals surface area contributed by atoms with Gasteiger partial charge in [-0.3, -0.25) is 9.59 Å². The highest BCUT2D eigenvalue weighted by Gasteiger charge is 2.26. The highest BCUT2D eigenvalue weighted by molar-refractivity contribution is 7.92. The third-order valence-corrected chi connectivity index (χ3v) is 4.81. The number of rotatable bonds is 6. The summed E-state index contributed by atoms with van der Waals surface area (Å²) in [6, 6.07) is 4.92. The Morgan fingerprint density at radius 3 is 2.38 bits per heavy atom. The predicted octanol–water partition coefficient (Wildman–Crippen LogP) is 1.13. The van der Waals surface area contributed by atoms with E-state index in [1.54, 1.807) is 0 Å². The van der Waals surface area contributed by atoms with Gasteiger partial charge in [0.2, 0.25) is 5.91 Å². The van der Waals surface area contributed by atoms with Gasteiger partial charge in [-0.2, -0.15) is 0 Å². The Morgan fingerprint density at radius 2 is 1.86 bits per heavy atom. The van der Waals surface area contributed by atoms with Gasteiger partial charge >= 0.3 is 5.97 Å². The third-order valence-electron chi connectivity index (χ3n) is 2.76. The molecule has 6 nitrogen and oxygen atoms in total. The molecule has 0 aliphatic heterocycles. The van der Waals surface area contributed by atoms with Crippen LogP contribution >= 0.6 is 0 Å². The van der Waals surface area contributed by atoms with E-state index in [1.807, 2.05) is 0 Å². The molecule has 0 aliphatic rings. The van der Waals surface area contributed by atoms with E-state index in [9.17, 15) is 22.4 Å². The second-order valence-electron chi connectivity index (χ2n) is 4.45. The fraction of sp³-hybridized carbons (Fsp3) is 0.385. The van der Waals surface area contributed by atoms with Crippen molar-refractivity contribution < 1.29 is 27.1 Å². The van der Waals surface area contributed by atoms with Gasteiger partial charge in [0.1, 0.15) is 11.6 Å².